The Kier molecular flexibility index (Phi) is 6.41. The van der Waals surface area contributed by atoms with Crippen molar-refractivity contribution in [3.05, 3.63) is 60.2 Å². The highest BCUT2D eigenvalue weighted by Crippen LogP contribution is 2.46. The number of carbonyl (C=O) groups is 1. The van der Waals surface area contributed by atoms with Crippen molar-refractivity contribution in [2.24, 2.45) is 5.10 Å². The minimum Gasteiger partial charge on any atom is -0.494 e. The molecule has 1 atom stereocenters. The SMILES string of the molecule is CCOc1ccc(CC2(N3CCOCC3)SC(C(C)=O)=NN2c2ccccc2)cc1. The van der Waals surface area contributed by atoms with E-state index in [1.165, 1.54) is 5.56 Å². The number of hydrogen-bond donors (Lipinski definition) is 0. The van der Waals surface area contributed by atoms with Gasteiger partial charge in [0.2, 0.25) is 0 Å². The van der Waals surface area contributed by atoms with E-state index >= 15 is 0 Å². The summed E-state index contributed by atoms with van der Waals surface area (Å²) < 4.78 is 11.2. The van der Waals surface area contributed by atoms with Crippen LogP contribution in [0.2, 0.25) is 0 Å². The third-order valence-corrected chi connectivity index (χ3v) is 6.72. The molecule has 0 saturated carbocycles. The number of para-hydroxylation sites is 1. The molecule has 0 aliphatic carbocycles. The quantitative estimate of drug-likeness (QED) is 0.673. The Morgan fingerprint density at radius 2 is 1.83 bits per heavy atom. The molecule has 0 radical (unpaired) electrons. The smallest absolute Gasteiger partial charge is 0.186 e. The molecule has 2 aliphatic rings. The Labute approximate surface area is 181 Å². The number of anilines is 1. The summed E-state index contributed by atoms with van der Waals surface area (Å²) >= 11 is 1.55. The van der Waals surface area contributed by atoms with Gasteiger partial charge < -0.3 is 9.47 Å². The first-order chi connectivity index (χ1) is 14.6. The van der Waals surface area contributed by atoms with Gasteiger partial charge >= 0.3 is 0 Å². The molecule has 1 fully saturated rings. The van der Waals surface area contributed by atoms with Crippen LogP contribution in [0.3, 0.4) is 0 Å². The summed E-state index contributed by atoms with van der Waals surface area (Å²) in [5, 5.41) is 7.35. The van der Waals surface area contributed by atoms with Crippen LogP contribution in [0.4, 0.5) is 5.69 Å². The fourth-order valence-electron chi connectivity index (χ4n) is 3.83. The first kappa shape index (κ1) is 20.9. The zero-order chi connectivity index (χ0) is 21.0. The molecule has 0 amide bonds. The summed E-state index contributed by atoms with van der Waals surface area (Å²) in [6.07, 6.45) is 0.708. The summed E-state index contributed by atoms with van der Waals surface area (Å²) in [6.45, 7) is 7.12. The lowest BCUT2D eigenvalue weighted by Crippen LogP contribution is -2.59. The molecule has 1 saturated heterocycles. The number of benzene rings is 2. The Hall–Kier alpha value is -2.35. The maximum absolute atomic E-state index is 12.3. The van der Waals surface area contributed by atoms with Crippen LogP contribution in [0.15, 0.2) is 59.7 Å². The van der Waals surface area contributed by atoms with E-state index in [-0.39, 0.29) is 5.78 Å². The maximum atomic E-state index is 12.3. The molecule has 2 aliphatic heterocycles. The van der Waals surface area contributed by atoms with Crippen LogP contribution in [0, 0.1) is 0 Å². The predicted octanol–water partition coefficient (Wildman–Crippen LogP) is 3.77. The Morgan fingerprint density at radius 3 is 2.47 bits per heavy atom. The lowest BCUT2D eigenvalue weighted by Gasteiger charge is -2.46. The molecule has 0 aromatic heterocycles. The first-order valence-electron chi connectivity index (χ1n) is 10.3. The molecular weight excluding hydrogens is 398 g/mol. The predicted molar refractivity (Wildman–Crippen MR) is 121 cm³/mol. The molecule has 30 heavy (non-hydrogen) atoms. The van der Waals surface area contributed by atoms with E-state index in [9.17, 15) is 4.79 Å². The second kappa shape index (κ2) is 9.20. The molecular formula is C23H27N3O3S. The van der Waals surface area contributed by atoms with Gasteiger partial charge in [-0.3, -0.25) is 9.69 Å². The van der Waals surface area contributed by atoms with Gasteiger partial charge in [0.15, 0.2) is 15.8 Å². The molecule has 0 N–H and O–H groups in total. The van der Waals surface area contributed by atoms with Crippen LogP contribution in [-0.4, -0.2) is 53.6 Å². The number of Topliss-reactive ketones (excluding diaryl/α,β-unsaturated/α-hetero) is 1. The van der Waals surface area contributed by atoms with Crippen molar-refractivity contribution in [3.8, 4) is 5.75 Å². The van der Waals surface area contributed by atoms with Crippen molar-refractivity contribution in [2.45, 2.75) is 25.3 Å². The summed E-state index contributed by atoms with van der Waals surface area (Å²) in [5.74, 6) is 0.851. The minimum absolute atomic E-state index is 0.0113. The average molecular weight is 426 g/mol. The van der Waals surface area contributed by atoms with Crippen LogP contribution in [0.5, 0.6) is 5.75 Å². The first-order valence-corrected chi connectivity index (χ1v) is 11.1. The van der Waals surface area contributed by atoms with Crippen LogP contribution < -0.4 is 9.75 Å². The van der Waals surface area contributed by atoms with Gasteiger partial charge in [0, 0.05) is 26.4 Å². The topological polar surface area (TPSA) is 54.4 Å². The van der Waals surface area contributed by atoms with Crippen LogP contribution in [0.25, 0.3) is 0 Å². The lowest BCUT2D eigenvalue weighted by molar-refractivity contribution is -0.110. The highest BCUT2D eigenvalue weighted by Gasteiger charge is 2.50. The maximum Gasteiger partial charge on any atom is 0.186 e. The summed E-state index contributed by atoms with van der Waals surface area (Å²) in [6, 6.07) is 18.3. The largest absolute Gasteiger partial charge is 0.494 e. The number of hydrogen-bond acceptors (Lipinski definition) is 7. The van der Waals surface area contributed by atoms with Crippen molar-refractivity contribution < 1.29 is 14.3 Å². The molecule has 0 bridgehead atoms. The number of thioether (sulfide) groups is 1. The molecule has 2 heterocycles. The number of nitrogens with zero attached hydrogens (tertiary/aromatic N) is 3. The van der Waals surface area contributed by atoms with Gasteiger partial charge in [-0.15, -0.1) is 0 Å². The molecule has 7 heteroatoms. The van der Waals surface area contributed by atoms with E-state index in [4.69, 9.17) is 14.6 Å². The van der Waals surface area contributed by atoms with Crippen molar-refractivity contribution >= 4 is 28.3 Å². The van der Waals surface area contributed by atoms with Crippen molar-refractivity contribution in [1.29, 1.82) is 0 Å². The van der Waals surface area contributed by atoms with Crippen LogP contribution >= 0.6 is 11.8 Å². The third-order valence-electron chi connectivity index (χ3n) is 5.26. The fourth-order valence-corrected chi connectivity index (χ4v) is 5.19. The van der Waals surface area contributed by atoms with E-state index in [1.807, 2.05) is 54.4 Å². The summed E-state index contributed by atoms with van der Waals surface area (Å²) in [5.41, 5.74) is 2.14. The highest BCUT2D eigenvalue weighted by molar-refractivity contribution is 8.17. The number of hydrazone groups is 1. The Balaban J connectivity index is 1.74. The van der Waals surface area contributed by atoms with Gasteiger partial charge in [-0.1, -0.05) is 42.1 Å². The highest BCUT2D eigenvalue weighted by atomic mass is 32.2. The molecule has 1 unspecified atom stereocenters. The van der Waals surface area contributed by atoms with Gasteiger partial charge in [-0.05, 0) is 36.8 Å². The molecule has 0 spiro atoms. The number of rotatable bonds is 7. The number of ether oxygens (including phenoxy) is 2. The van der Waals surface area contributed by atoms with Crippen molar-refractivity contribution in [2.75, 3.05) is 37.9 Å². The Morgan fingerprint density at radius 1 is 1.13 bits per heavy atom. The number of ketones is 1. The molecule has 4 rings (SSSR count). The lowest BCUT2D eigenvalue weighted by atomic mass is 10.1. The van der Waals surface area contributed by atoms with Crippen LogP contribution in [0.1, 0.15) is 19.4 Å². The standard InChI is InChI=1S/C23H27N3O3S/c1-3-29-21-11-9-19(10-12-21)17-23(25-13-15-28-16-14-25)26(20-7-5-4-6-8-20)24-22(30-23)18(2)27/h4-12H,3,13-17H2,1-2H3. The van der Waals surface area contributed by atoms with Crippen molar-refractivity contribution in [3.63, 3.8) is 0 Å². The van der Waals surface area contributed by atoms with E-state index in [2.05, 4.69) is 17.0 Å². The van der Waals surface area contributed by atoms with Gasteiger partial charge in [0.05, 0.1) is 25.5 Å². The average Bonchev–Trinajstić information content (AvgIpc) is 3.17. The number of morpholine rings is 1. The van der Waals surface area contributed by atoms with Crippen molar-refractivity contribution in [1.82, 2.24) is 4.90 Å². The number of carbonyl (C=O) groups excluding carboxylic acids is 1. The van der Waals surface area contributed by atoms with Gasteiger partial charge in [-0.2, -0.15) is 5.10 Å². The molecule has 6 nitrogen and oxygen atoms in total. The van der Waals surface area contributed by atoms with Crippen LogP contribution in [-0.2, 0) is 16.0 Å². The molecule has 2 aromatic carbocycles. The Bertz CT molecular complexity index is 898. The second-order valence-corrected chi connectivity index (χ2v) is 8.55. The second-order valence-electron chi connectivity index (χ2n) is 7.31. The van der Waals surface area contributed by atoms with Gasteiger partial charge in [-0.25, -0.2) is 5.01 Å². The summed E-state index contributed by atoms with van der Waals surface area (Å²) in [4.78, 5) is 14.2. The van der Waals surface area contributed by atoms with E-state index in [0.717, 1.165) is 24.5 Å². The summed E-state index contributed by atoms with van der Waals surface area (Å²) in [7, 11) is 0. The van der Waals surface area contributed by atoms with Gasteiger partial charge in [0.1, 0.15) is 5.75 Å². The van der Waals surface area contributed by atoms with E-state index in [0.29, 0.717) is 31.3 Å². The third kappa shape index (κ3) is 4.24. The van der Waals surface area contributed by atoms with Gasteiger partial charge in [0.25, 0.3) is 0 Å². The fraction of sp³-hybridized carbons (Fsp3) is 0.391. The monoisotopic (exact) mass is 425 g/mol. The van der Waals surface area contributed by atoms with E-state index in [1.54, 1.807) is 18.7 Å². The zero-order valence-corrected chi connectivity index (χ0v) is 18.2. The minimum atomic E-state index is -0.529. The molecule has 2 aromatic rings. The normalized spacial score (nSPS) is 22.1. The molecule has 158 valence electrons. The van der Waals surface area contributed by atoms with E-state index < -0.39 is 4.99 Å². The zero-order valence-electron chi connectivity index (χ0n) is 17.4.